The molecular weight excluding hydrogens is 116 g/mol. The van der Waals surface area contributed by atoms with Gasteiger partial charge in [-0.1, -0.05) is 12.2 Å². The summed E-state index contributed by atoms with van der Waals surface area (Å²) in [5.41, 5.74) is -1.02. The summed E-state index contributed by atoms with van der Waals surface area (Å²) in [5, 5.41) is 18.2. The van der Waals surface area contributed by atoms with Gasteiger partial charge in [0.15, 0.2) is 0 Å². The molecule has 0 bridgehead atoms. The molecule has 0 saturated heterocycles. The first-order chi connectivity index (χ1) is 3.98. The molecular formula is C7H14O2. The van der Waals surface area contributed by atoms with Crippen LogP contribution in [0.25, 0.3) is 0 Å². The average molecular weight is 130 g/mol. The Balaban J connectivity index is 3.88. The van der Waals surface area contributed by atoms with E-state index in [1.54, 1.807) is 32.9 Å². The second-order valence-corrected chi connectivity index (χ2v) is 2.62. The summed E-state index contributed by atoms with van der Waals surface area (Å²) in [5.74, 6) is 0. The van der Waals surface area contributed by atoms with Crippen molar-refractivity contribution in [2.75, 3.05) is 0 Å². The van der Waals surface area contributed by atoms with E-state index in [9.17, 15) is 0 Å². The fourth-order valence-corrected chi connectivity index (χ4v) is 0.418. The Hall–Kier alpha value is -0.340. The fraction of sp³-hybridized carbons (Fsp3) is 0.714. The van der Waals surface area contributed by atoms with Crippen LogP contribution in [0.2, 0.25) is 0 Å². The lowest BCUT2D eigenvalue weighted by Gasteiger charge is -2.20. The Kier molecular flexibility index (Phi) is 2.88. The van der Waals surface area contributed by atoms with Crippen molar-refractivity contribution in [1.82, 2.24) is 0 Å². The summed E-state index contributed by atoms with van der Waals surface area (Å²) in [7, 11) is 0. The Morgan fingerprint density at radius 2 is 1.89 bits per heavy atom. The largest absolute Gasteiger partial charge is 0.387 e. The molecule has 0 amide bonds. The van der Waals surface area contributed by atoms with E-state index >= 15 is 0 Å². The maximum Gasteiger partial charge on any atom is 0.100 e. The zero-order valence-corrected chi connectivity index (χ0v) is 6.13. The highest BCUT2D eigenvalue weighted by Gasteiger charge is 2.20. The van der Waals surface area contributed by atoms with Crippen molar-refractivity contribution in [3.63, 3.8) is 0 Å². The van der Waals surface area contributed by atoms with Gasteiger partial charge in [-0.2, -0.15) is 0 Å². The summed E-state index contributed by atoms with van der Waals surface area (Å²) in [4.78, 5) is 0. The summed E-state index contributed by atoms with van der Waals surface area (Å²) in [6.07, 6.45) is 2.50. The van der Waals surface area contributed by atoms with Crippen LogP contribution in [0, 0.1) is 0 Å². The van der Waals surface area contributed by atoms with Gasteiger partial charge in [-0.25, -0.2) is 0 Å². The monoisotopic (exact) mass is 130 g/mol. The highest BCUT2D eigenvalue weighted by Crippen LogP contribution is 2.08. The minimum absolute atomic E-state index is 0.762. The van der Waals surface area contributed by atoms with E-state index in [0.29, 0.717) is 0 Å². The number of rotatable bonds is 2. The third-order valence-electron chi connectivity index (χ3n) is 1.10. The van der Waals surface area contributed by atoms with Gasteiger partial charge in [0.25, 0.3) is 0 Å². The average Bonchev–Trinajstić information content (AvgIpc) is 1.64. The van der Waals surface area contributed by atoms with Crippen LogP contribution in [-0.2, 0) is 0 Å². The predicted molar refractivity (Wildman–Crippen MR) is 37.1 cm³/mol. The molecule has 0 aliphatic carbocycles. The molecule has 0 aliphatic heterocycles. The number of hydrogen-bond acceptors (Lipinski definition) is 2. The van der Waals surface area contributed by atoms with Gasteiger partial charge in [-0.3, -0.25) is 0 Å². The van der Waals surface area contributed by atoms with Gasteiger partial charge in [0.2, 0.25) is 0 Å². The van der Waals surface area contributed by atoms with Gasteiger partial charge in [-0.15, -0.1) is 0 Å². The van der Waals surface area contributed by atoms with Gasteiger partial charge in [0, 0.05) is 0 Å². The first-order valence-electron chi connectivity index (χ1n) is 3.01. The van der Waals surface area contributed by atoms with E-state index < -0.39 is 11.7 Å². The summed E-state index contributed by atoms with van der Waals surface area (Å²) in [6.45, 7) is 4.93. The zero-order valence-electron chi connectivity index (χ0n) is 6.13. The summed E-state index contributed by atoms with van der Waals surface area (Å²) >= 11 is 0. The van der Waals surface area contributed by atoms with E-state index in [0.717, 1.165) is 0 Å². The Labute approximate surface area is 55.8 Å². The minimum Gasteiger partial charge on any atom is -0.387 e. The van der Waals surface area contributed by atoms with Crippen LogP contribution in [-0.4, -0.2) is 21.9 Å². The molecule has 2 N–H and O–H groups in total. The second kappa shape index (κ2) is 2.99. The third-order valence-corrected chi connectivity index (χ3v) is 1.10. The number of aliphatic hydroxyl groups excluding tert-OH is 1. The van der Waals surface area contributed by atoms with Crippen LogP contribution in [0.15, 0.2) is 12.2 Å². The van der Waals surface area contributed by atoms with E-state index in [4.69, 9.17) is 10.2 Å². The number of aliphatic hydroxyl groups is 2. The molecule has 1 atom stereocenters. The summed E-state index contributed by atoms with van der Waals surface area (Å²) < 4.78 is 0. The smallest absolute Gasteiger partial charge is 0.100 e. The fourth-order valence-electron chi connectivity index (χ4n) is 0.418. The van der Waals surface area contributed by atoms with Crippen LogP contribution in [0.4, 0.5) is 0 Å². The van der Waals surface area contributed by atoms with Crippen LogP contribution < -0.4 is 0 Å². The highest BCUT2D eigenvalue weighted by atomic mass is 16.3. The third kappa shape index (κ3) is 3.27. The van der Waals surface area contributed by atoms with Crippen molar-refractivity contribution >= 4 is 0 Å². The van der Waals surface area contributed by atoms with Crippen molar-refractivity contribution in [2.24, 2.45) is 0 Å². The Morgan fingerprint density at radius 1 is 1.44 bits per heavy atom. The quantitative estimate of drug-likeness (QED) is 0.540. The van der Waals surface area contributed by atoms with Crippen molar-refractivity contribution in [1.29, 1.82) is 0 Å². The molecule has 0 radical (unpaired) electrons. The molecule has 1 unspecified atom stereocenters. The van der Waals surface area contributed by atoms with Crippen molar-refractivity contribution in [3.05, 3.63) is 12.2 Å². The van der Waals surface area contributed by atoms with Crippen LogP contribution in [0.3, 0.4) is 0 Å². The highest BCUT2D eigenvalue weighted by molar-refractivity contribution is 4.94. The van der Waals surface area contributed by atoms with Crippen molar-refractivity contribution in [2.45, 2.75) is 32.5 Å². The zero-order chi connectivity index (χ0) is 7.49. The molecule has 2 nitrogen and oxygen atoms in total. The maximum absolute atomic E-state index is 9.12. The van der Waals surface area contributed by atoms with Gasteiger partial charge in [0.1, 0.15) is 6.10 Å². The van der Waals surface area contributed by atoms with Crippen molar-refractivity contribution < 1.29 is 10.2 Å². The number of hydrogen-bond donors (Lipinski definition) is 2. The van der Waals surface area contributed by atoms with Crippen LogP contribution in [0.5, 0.6) is 0 Å². The molecule has 9 heavy (non-hydrogen) atoms. The maximum atomic E-state index is 9.12. The number of allylic oxidation sites excluding steroid dienone is 1. The molecule has 0 aromatic rings. The molecule has 0 aromatic heterocycles. The lowest BCUT2D eigenvalue weighted by Crippen LogP contribution is -2.33. The predicted octanol–water partition coefficient (Wildman–Crippen LogP) is 0.694. The molecule has 0 rings (SSSR count). The SMILES string of the molecule is CC=CC(O)C(C)(C)O. The Bertz CT molecular complexity index is 100.0. The molecule has 0 spiro atoms. The molecule has 0 fully saturated rings. The van der Waals surface area contributed by atoms with Gasteiger partial charge < -0.3 is 10.2 Å². The van der Waals surface area contributed by atoms with Gasteiger partial charge in [0.05, 0.1) is 5.60 Å². The normalized spacial score (nSPS) is 16.6. The Morgan fingerprint density at radius 3 is 2.00 bits per heavy atom. The lowest BCUT2D eigenvalue weighted by atomic mass is 10.0. The van der Waals surface area contributed by atoms with Gasteiger partial charge >= 0.3 is 0 Å². The van der Waals surface area contributed by atoms with Crippen LogP contribution >= 0.6 is 0 Å². The van der Waals surface area contributed by atoms with E-state index in [-0.39, 0.29) is 0 Å². The van der Waals surface area contributed by atoms with Crippen LogP contribution in [0.1, 0.15) is 20.8 Å². The molecule has 0 aromatic carbocycles. The van der Waals surface area contributed by atoms with Crippen molar-refractivity contribution in [3.8, 4) is 0 Å². The first kappa shape index (κ1) is 8.66. The van der Waals surface area contributed by atoms with E-state index in [1.165, 1.54) is 0 Å². The molecule has 0 heterocycles. The summed E-state index contributed by atoms with van der Waals surface area (Å²) in [6, 6.07) is 0. The standard InChI is InChI=1S/C7H14O2/c1-4-5-6(8)7(2,3)9/h4-6,8-9H,1-3H3. The molecule has 0 aliphatic rings. The topological polar surface area (TPSA) is 40.5 Å². The lowest BCUT2D eigenvalue weighted by molar-refractivity contribution is -0.0226. The second-order valence-electron chi connectivity index (χ2n) is 2.62. The molecule has 0 saturated carbocycles. The van der Waals surface area contributed by atoms with E-state index in [2.05, 4.69) is 0 Å². The van der Waals surface area contributed by atoms with Gasteiger partial charge in [-0.05, 0) is 20.8 Å². The molecule has 54 valence electrons. The molecule has 2 heteroatoms. The minimum atomic E-state index is -1.02. The first-order valence-corrected chi connectivity index (χ1v) is 3.01. The van der Waals surface area contributed by atoms with E-state index in [1.807, 2.05) is 0 Å².